The summed E-state index contributed by atoms with van der Waals surface area (Å²) in [6.45, 7) is 0. The molecule has 100 valence electrons. The summed E-state index contributed by atoms with van der Waals surface area (Å²) in [5.74, 6) is 0. The molecule has 0 saturated carbocycles. The summed E-state index contributed by atoms with van der Waals surface area (Å²) in [4.78, 5) is 7.43. The Labute approximate surface area is 128 Å². The maximum Gasteiger partial charge on any atom is 0.265 e. The zero-order valence-electron chi connectivity index (χ0n) is 9.14. The number of sulfonamides is 1. The van der Waals surface area contributed by atoms with E-state index in [4.69, 9.17) is 23.2 Å². The van der Waals surface area contributed by atoms with Gasteiger partial charge in [0.25, 0.3) is 10.0 Å². The molecule has 5 nitrogen and oxygen atoms in total. The summed E-state index contributed by atoms with van der Waals surface area (Å²) < 4.78 is 27.0. The zero-order chi connectivity index (χ0) is 14.0. The first-order valence-corrected chi connectivity index (χ1v) is 7.88. The number of hydrogen-bond donors (Lipinski definition) is 1. The summed E-state index contributed by atoms with van der Waals surface area (Å²) >= 11 is 14.6. The third-order valence-corrected chi connectivity index (χ3v) is 5.02. The van der Waals surface area contributed by atoms with Gasteiger partial charge in [-0.05, 0) is 34.1 Å². The van der Waals surface area contributed by atoms with E-state index in [0.29, 0.717) is 4.47 Å². The van der Waals surface area contributed by atoms with E-state index in [0.717, 1.165) is 0 Å². The molecule has 2 heterocycles. The highest BCUT2D eigenvalue weighted by molar-refractivity contribution is 9.10. The van der Waals surface area contributed by atoms with Crippen LogP contribution in [0.1, 0.15) is 0 Å². The predicted molar refractivity (Wildman–Crippen MR) is 77.0 cm³/mol. The fourth-order valence-electron chi connectivity index (χ4n) is 1.26. The molecule has 0 aliphatic heterocycles. The van der Waals surface area contributed by atoms with E-state index < -0.39 is 10.0 Å². The van der Waals surface area contributed by atoms with Crippen molar-refractivity contribution in [3.8, 4) is 0 Å². The topological polar surface area (TPSA) is 72.0 Å². The predicted octanol–water partition coefficient (Wildman–Crippen LogP) is 3.35. The molecule has 2 aromatic heterocycles. The van der Waals surface area contributed by atoms with Gasteiger partial charge in [-0.2, -0.15) is 0 Å². The van der Waals surface area contributed by atoms with Crippen LogP contribution in [0.5, 0.6) is 0 Å². The molecule has 19 heavy (non-hydrogen) atoms. The van der Waals surface area contributed by atoms with Gasteiger partial charge in [0.15, 0.2) is 0 Å². The average Bonchev–Trinajstić information content (AvgIpc) is 2.34. The normalized spacial score (nSPS) is 11.3. The van der Waals surface area contributed by atoms with Crippen molar-refractivity contribution >= 4 is 54.8 Å². The van der Waals surface area contributed by atoms with Crippen molar-refractivity contribution in [3.05, 3.63) is 45.4 Å². The number of aromatic nitrogens is 2. The summed E-state index contributed by atoms with van der Waals surface area (Å²) in [5, 5.41) is 0.137. The van der Waals surface area contributed by atoms with Crippen LogP contribution >= 0.6 is 39.1 Å². The van der Waals surface area contributed by atoms with Crippen LogP contribution in [0.3, 0.4) is 0 Å². The summed E-state index contributed by atoms with van der Waals surface area (Å²) in [5.41, 5.74) is 0.260. The smallest absolute Gasteiger partial charge is 0.265 e. The standard InChI is InChI=1S/C10H6BrCl2N3O2S/c11-7-4-6(5-15-9(7)12)16-19(17,18)8-2-1-3-14-10(8)13/h1-5,16H. The molecule has 0 saturated heterocycles. The Morgan fingerprint density at radius 1 is 1.21 bits per heavy atom. The SMILES string of the molecule is O=S(=O)(Nc1cnc(Cl)c(Br)c1)c1cccnc1Cl. The molecular formula is C10H6BrCl2N3O2S. The summed E-state index contributed by atoms with van der Waals surface area (Å²) in [7, 11) is -3.82. The molecule has 2 aromatic rings. The Morgan fingerprint density at radius 3 is 2.58 bits per heavy atom. The zero-order valence-corrected chi connectivity index (χ0v) is 13.1. The molecule has 1 N–H and O–H groups in total. The fraction of sp³-hybridized carbons (Fsp3) is 0. The molecule has 0 aromatic carbocycles. The summed E-state index contributed by atoms with van der Waals surface area (Å²) in [6.07, 6.45) is 2.71. The van der Waals surface area contributed by atoms with E-state index in [1.54, 1.807) is 0 Å². The van der Waals surface area contributed by atoms with Gasteiger partial charge in [-0.15, -0.1) is 0 Å². The van der Waals surface area contributed by atoms with Gasteiger partial charge in [-0.1, -0.05) is 23.2 Å². The second kappa shape index (κ2) is 5.62. The number of nitrogens with one attached hydrogen (secondary N) is 1. The van der Waals surface area contributed by atoms with Crippen molar-refractivity contribution in [2.75, 3.05) is 4.72 Å². The lowest BCUT2D eigenvalue weighted by molar-refractivity contribution is 0.601. The molecule has 0 spiro atoms. The highest BCUT2D eigenvalue weighted by atomic mass is 79.9. The van der Waals surface area contributed by atoms with Gasteiger partial charge in [0.2, 0.25) is 0 Å². The van der Waals surface area contributed by atoms with Gasteiger partial charge in [-0.25, -0.2) is 18.4 Å². The molecule has 0 aliphatic carbocycles. The second-order valence-electron chi connectivity index (χ2n) is 3.39. The van der Waals surface area contributed by atoms with E-state index in [9.17, 15) is 8.42 Å². The quantitative estimate of drug-likeness (QED) is 0.826. The van der Waals surface area contributed by atoms with Crippen LogP contribution in [0.4, 0.5) is 5.69 Å². The minimum absolute atomic E-state index is 0.101. The van der Waals surface area contributed by atoms with E-state index in [-0.39, 0.29) is 20.9 Å². The first-order chi connectivity index (χ1) is 8.90. The van der Waals surface area contributed by atoms with Crippen LogP contribution in [-0.2, 0) is 10.0 Å². The second-order valence-corrected chi connectivity index (χ2v) is 6.62. The van der Waals surface area contributed by atoms with Crippen LogP contribution in [0.2, 0.25) is 10.3 Å². The first kappa shape index (κ1) is 14.5. The number of halogens is 3. The van der Waals surface area contributed by atoms with Gasteiger partial charge >= 0.3 is 0 Å². The molecule has 9 heteroatoms. The monoisotopic (exact) mass is 381 g/mol. The van der Waals surface area contributed by atoms with Gasteiger partial charge in [0.05, 0.1) is 16.4 Å². The molecule has 2 rings (SSSR count). The maximum atomic E-state index is 12.1. The van der Waals surface area contributed by atoms with E-state index in [2.05, 4.69) is 30.6 Å². The molecule has 0 fully saturated rings. The van der Waals surface area contributed by atoms with Gasteiger partial charge in [-0.3, -0.25) is 4.72 Å². The Kier molecular flexibility index (Phi) is 4.29. The number of rotatable bonds is 3. The Morgan fingerprint density at radius 2 is 1.95 bits per heavy atom. The Hall–Kier alpha value is -0.890. The van der Waals surface area contributed by atoms with Crippen molar-refractivity contribution in [2.45, 2.75) is 4.90 Å². The minimum atomic E-state index is -3.82. The van der Waals surface area contributed by atoms with Gasteiger partial charge in [0.1, 0.15) is 15.2 Å². The van der Waals surface area contributed by atoms with Crippen LogP contribution in [0.25, 0.3) is 0 Å². The lowest BCUT2D eigenvalue weighted by Crippen LogP contribution is -2.14. The van der Waals surface area contributed by atoms with Gasteiger partial charge in [0, 0.05) is 6.20 Å². The largest absolute Gasteiger partial charge is 0.278 e. The Balaban J connectivity index is 2.37. The summed E-state index contributed by atoms with van der Waals surface area (Å²) in [6, 6.07) is 4.34. The van der Waals surface area contributed by atoms with Crippen LogP contribution < -0.4 is 4.72 Å². The fourth-order valence-corrected chi connectivity index (χ4v) is 3.20. The van der Waals surface area contributed by atoms with Crippen molar-refractivity contribution in [2.24, 2.45) is 0 Å². The molecule has 0 unspecified atom stereocenters. The Bertz CT molecular complexity index is 724. The van der Waals surface area contributed by atoms with Crippen LogP contribution in [0, 0.1) is 0 Å². The van der Waals surface area contributed by atoms with Crippen LogP contribution in [0.15, 0.2) is 40.0 Å². The van der Waals surface area contributed by atoms with Crippen molar-refractivity contribution in [1.82, 2.24) is 9.97 Å². The van der Waals surface area contributed by atoms with E-state index in [1.165, 1.54) is 30.6 Å². The number of pyridine rings is 2. The van der Waals surface area contributed by atoms with E-state index >= 15 is 0 Å². The number of nitrogens with zero attached hydrogens (tertiary/aromatic N) is 2. The van der Waals surface area contributed by atoms with Crippen molar-refractivity contribution in [1.29, 1.82) is 0 Å². The number of hydrogen-bond acceptors (Lipinski definition) is 4. The van der Waals surface area contributed by atoms with Crippen molar-refractivity contribution in [3.63, 3.8) is 0 Å². The lowest BCUT2D eigenvalue weighted by atomic mass is 10.4. The average molecular weight is 383 g/mol. The molecule has 0 bridgehead atoms. The third-order valence-electron chi connectivity index (χ3n) is 2.06. The van der Waals surface area contributed by atoms with E-state index in [1.807, 2.05) is 0 Å². The third kappa shape index (κ3) is 3.36. The molecule has 0 aliphatic rings. The van der Waals surface area contributed by atoms with Crippen molar-refractivity contribution < 1.29 is 8.42 Å². The van der Waals surface area contributed by atoms with Gasteiger partial charge < -0.3 is 0 Å². The molecular weight excluding hydrogens is 377 g/mol. The molecule has 0 radical (unpaired) electrons. The minimum Gasteiger partial charge on any atom is -0.278 e. The number of anilines is 1. The first-order valence-electron chi connectivity index (χ1n) is 4.84. The van der Waals surface area contributed by atoms with Crippen LogP contribution in [-0.4, -0.2) is 18.4 Å². The molecule has 0 amide bonds. The highest BCUT2D eigenvalue weighted by Crippen LogP contribution is 2.25. The lowest BCUT2D eigenvalue weighted by Gasteiger charge is -2.09. The highest BCUT2D eigenvalue weighted by Gasteiger charge is 2.18. The molecule has 0 atom stereocenters. The maximum absolute atomic E-state index is 12.1.